The lowest BCUT2D eigenvalue weighted by Crippen LogP contribution is -2.36. The molecule has 0 saturated carbocycles. The van der Waals surface area contributed by atoms with Crippen LogP contribution in [0.4, 0.5) is 0 Å². The van der Waals surface area contributed by atoms with Crippen molar-refractivity contribution < 1.29 is 0 Å². The van der Waals surface area contributed by atoms with Gasteiger partial charge in [0.2, 0.25) is 0 Å². The third kappa shape index (κ3) is 5.91. The highest BCUT2D eigenvalue weighted by Crippen LogP contribution is 2.17. The Bertz CT molecular complexity index is 219. The Morgan fingerprint density at radius 3 is 2.59 bits per heavy atom. The zero-order valence-corrected chi connectivity index (χ0v) is 11.4. The van der Waals surface area contributed by atoms with Crippen LogP contribution in [0.5, 0.6) is 0 Å². The number of hydrogen-bond acceptors (Lipinski definition) is 2. The molecule has 1 rings (SSSR count). The minimum Gasteiger partial charge on any atom is -0.370 e. The highest BCUT2D eigenvalue weighted by Gasteiger charge is 2.17. The van der Waals surface area contributed by atoms with Gasteiger partial charge in [0.25, 0.3) is 0 Å². The first-order chi connectivity index (χ1) is 8.26. The van der Waals surface area contributed by atoms with Crippen molar-refractivity contribution in [2.75, 3.05) is 32.7 Å². The first kappa shape index (κ1) is 14.3. The normalized spacial score (nSPS) is 19.5. The van der Waals surface area contributed by atoms with Crippen molar-refractivity contribution >= 4 is 5.96 Å². The standard InChI is InChI=1S/C13H28N4/c1-3-7-15-13(14)16-11-12-5-9-17(8-4-2)10-6-12/h12H,3-11H2,1-2H3,(H3,14,15,16). The van der Waals surface area contributed by atoms with Gasteiger partial charge in [-0.3, -0.25) is 4.99 Å². The zero-order chi connectivity index (χ0) is 12.5. The molecule has 0 aromatic carbocycles. The molecule has 0 unspecified atom stereocenters. The van der Waals surface area contributed by atoms with E-state index in [2.05, 4.69) is 29.1 Å². The van der Waals surface area contributed by atoms with Crippen LogP contribution < -0.4 is 11.1 Å². The SMILES string of the molecule is CCCNC(N)=NCC1CCN(CCC)CC1. The topological polar surface area (TPSA) is 53.6 Å². The van der Waals surface area contributed by atoms with Crippen molar-refractivity contribution in [3.8, 4) is 0 Å². The molecule has 1 aliphatic rings. The maximum Gasteiger partial charge on any atom is 0.188 e. The first-order valence-corrected chi connectivity index (χ1v) is 7.02. The maximum absolute atomic E-state index is 5.78. The summed E-state index contributed by atoms with van der Waals surface area (Å²) in [7, 11) is 0. The number of nitrogens with two attached hydrogens (primary N) is 1. The summed E-state index contributed by atoms with van der Waals surface area (Å²) in [5.41, 5.74) is 5.78. The van der Waals surface area contributed by atoms with Crippen molar-refractivity contribution in [1.29, 1.82) is 0 Å². The van der Waals surface area contributed by atoms with Gasteiger partial charge < -0.3 is 16.0 Å². The fraction of sp³-hybridized carbons (Fsp3) is 0.923. The molecule has 0 atom stereocenters. The molecular formula is C13H28N4. The quantitative estimate of drug-likeness (QED) is 0.545. The number of piperidine rings is 1. The van der Waals surface area contributed by atoms with Crippen molar-refractivity contribution in [3.63, 3.8) is 0 Å². The number of nitrogens with one attached hydrogen (secondary N) is 1. The molecule has 0 spiro atoms. The molecular weight excluding hydrogens is 212 g/mol. The Balaban J connectivity index is 2.17. The molecule has 4 nitrogen and oxygen atoms in total. The smallest absolute Gasteiger partial charge is 0.188 e. The molecule has 17 heavy (non-hydrogen) atoms. The van der Waals surface area contributed by atoms with E-state index >= 15 is 0 Å². The highest BCUT2D eigenvalue weighted by molar-refractivity contribution is 5.77. The van der Waals surface area contributed by atoms with Crippen LogP contribution in [0, 0.1) is 5.92 Å². The van der Waals surface area contributed by atoms with Crippen LogP contribution in [0.3, 0.4) is 0 Å². The number of hydrogen-bond donors (Lipinski definition) is 2. The van der Waals surface area contributed by atoms with Crippen molar-refractivity contribution in [1.82, 2.24) is 10.2 Å². The molecule has 1 aliphatic heterocycles. The van der Waals surface area contributed by atoms with E-state index in [0.717, 1.165) is 25.4 Å². The van der Waals surface area contributed by atoms with Crippen molar-refractivity contribution in [2.45, 2.75) is 39.5 Å². The first-order valence-electron chi connectivity index (χ1n) is 7.02. The van der Waals surface area contributed by atoms with Crippen LogP contribution >= 0.6 is 0 Å². The lowest BCUT2D eigenvalue weighted by atomic mass is 9.97. The second-order valence-corrected chi connectivity index (χ2v) is 4.94. The molecule has 0 aliphatic carbocycles. The molecule has 4 heteroatoms. The monoisotopic (exact) mass is 240 g/mol. The van der Waals surface area contributed by atoms with E-state index in [9.17, 15) is 0 Å². The Morgan fingerprint density at radius 2 is 2.00 bits per heavy atom. The van der Waals surface area contributed by atoms with Crippen LogP contribution in [-0.2, 0) is 0 Å². The van der Waals surface area contributed by atoms with E-state index in [1.54, 1.807) is 0 Å². The minimum absolute atomic E-state index is 0.614. The fourth-order valence-corrected chi connectivity index (χ4v) is 2.25. The second-order valence-electron chi connectivity index (χ2n) is 4.94. The van der Waals surface area contributed by atoms with Gasteiger partial charge in [0.05, 0.1) is 0 Å². The Hall–Kier alpha value is -0.770. The van der Waals surface area contributed by atoms with Gasteiger partial charge in [-0.15, -0.1) is 0 Å². The van der Waals surface area contributed by atoms with E-state index in [0.29, 0.717) is 5.96 Å². The minimum atomic E-state index is 0.614. The summed E-state index contributed by atoms with van der Waals surface area (Å²) in [6.07, 6.45) is 4.89. The molecule has 0 amide bonds. The van der Waals surface area contributed by atoms with Crippen LogP contribution in [-0.4, -0.2) is 43.6 Å². The predicted octanol–water partition coefficient (Wildman–Crippen LogP) is 1.42. The van der Waals surface area contributed by atoms with Crippen molar-refractivity contribution in [3.05, 3.63) is 0 Å². The average Bonchev–Trinajstić information content (AvgIpc) is 2.36. The van der Waals surface area contributed by atoms with E-state index in [1.807, 2.05) is 0 Å². The van der Waals surface area contributed by atoms with Crippen LogP contribution in [0.2, 0.25) is 0 Å². The average molecular weight is 240 g/mol. The van der Waals surface area contributed by atoms with Crippen molar-refractivity contribution in [2.24, 2.45) is 16.6 Å². The van der Waals surface area contributed by atoms with E-state index in [1.165, 1.54) is 38.9 Å². The number of rotatable bonds is 6. The summed E-state index contributed by atoms with van der Waals surface area (Å²) in [4.78, 5) is 6.98. The molecule has 3 N–H and O–H groups in total. The third-order valence-electron chi connectivity index (χ3n) is 3.32. The van der Waals surface area contributed by atoms with Crippen LogP contribution in [0.25, 0.3) is 0 Å². The molecule has 0 bridgehead atoms. The predicted molar refractivity (Wildman–Crippen MR) is 74.2 cm³/mol. The lowest BCUT2D eigenvalue weighted by Gasteiger charge is -2.30. The van der Waals surface area contributed by atoms with Gasteiger partial charge in [-0.25, -0.2) is 0 Å². The fourth-order valence-electron chi connectivity index (χ4n) is 2.25. The summed E-state index contributed by atoms with van der Waals surface area (Å²) in [5, 5.41) is 3.12. The molecule has 0 aromatic heterocycles. The van der Waals surface area contributed by atoms with Gasteiger partial charge in [0, 0.05) is 13.1 Å². The molecule has 1 fully saturated rings. The summed E-state index contributed by atoms with van der Waals surface area (Å²) in [6.45, 7) is 9.90. The Kier molecular flexibility index (Phi) is 7.01. The van der Waals surface area contributed by atoms with Gasteiger partial charge >= 0.3 is 0 Å². The number of likely N-dealkylation sites (tertiary alicyclic amines) is 1. The molecule has 1 saturated heterocycles. The third-order valence-corrected chi connectivity index (χ3v) is 3.32. The maximum atomic E-state index is 5.78. The summed E-state index contributed by atoms with van der Waals surface area (Å²) >= 11 is 0. The number of nitrogens with zero attached hydrogens (tertiary/aromatic N) is 2. The summed E-state index contributed by atoms with van der Waals surface area (Å²) < 4.78 is 0. The number of guanidine groups is 1. The molecule has 100 valence electrons. The van der Waals surface area contributed by atoms with E-state index in [4.69, 9.17) is 5.73 Å². The van der Waals surface area contributed by atoms with Gasteiger partial charge in [0.1, 0.15) is 0 Å². The largest absolute Gasteiger partial charge is 0.370 e. The van der Waals surface area contributed by atoms with Gasteiger partial charge in [-0.05, 0) is 51.2 Å². The van der Waals surface area contributed by atoms with E-state index < -0.39 is 0 Å². The molecule has 1 heterocycles. The summed E-state index contributed by atoms with van der Waals surface area (Å²) in [6, 6.07) is 0. The Labute approximate surface area is 106 Å². The highest BCUT2D eigenvalue weighted by atomic mass is 15.1. The number of aliphatic imine (C=N–C) groups is 1. The van der Waals surface area contributed by atoms with E-state index in [-0.39, 0.29) is 0 Å². The molecule has 0 aromatic rings. The zero-order valence-electron chi connectivity index (χ0n) is 11.4. The lowest BCUT2D eigenvalue weighted by molar-refractivity contribution is 0.188. The van der Waals surface area contributed by atoms with Crippen LogP contribution in [0.1, 0.15) is 39.5 Å². The molecule has 0 radical (unpaired) electrons. The Morgan fingerprint density at radius 1 is 1.29 bits per heavy atom. The van der Waals surface area contributed by atoms with Crippen LogP contribution in [0.15, 0.2) is 4.99 Å². The summed E-state index contributed by atoms with van der Waals surface area (Å²) in [5.74, 6) is 1.34. The van der Waals surface area contributed by atoms with Gasteiger partial charge in [-0.1, -0.05) is 13.8 Å². The van der Waals surface area contributed by atoms with Gasteiger partial charge in [-0.2, -0.15) is 0 Å². The van der Waals surface area contributed by atoms with Gasteiger partial charge in [0.15, 0.2) is 5.96 Å². The second kappa shape index (κ2) is 8.34.